The van der Waals surface area contributed by atoms with Gasteiger partial charge in [-0.05, 0) is 101 Å². The number of aromatic nitrogens is 1. The molecule has 5 heteroatoms. The zero-order valence-corrected chi connectivity index (χ0v) is 19.5. The fourth-order valence-electron chi connectivity index (χ4n) is 6.76. The summed E-state index contributed by atoms with van der Waals surface area (Å²) in [5, 5.41) is 16.2. The first-order valence-electron chi connectivity index (χ1n) is 12.0. The van der Waals surface area contributed by atoms with Gasteiger partial charge in [0.05, 0.1) is 0 Å². The Morgan fingerprint density at radius 3 is 2.91 bits per heavy atom. The average molecular weight is 444 g/mol. The van der Waals surface area contributed by atoms with E-state index < -0.39 is 0 Å². The van der Waals surface area contributed by atoms with E-state index in [-0.39, 0.29) is 11.3 Å². The van der Waals surface area contributed by atoms with Crippen molar-refractivity contribution in [2.75, 3.05) is 7.05 Å². The van der Waals surface area contributed by atoms with Crippen molar-refractivity contribution in [2.24, 2.45) is 17.3 Å². The van der Waals surface area contributed by atoms with Gasteiger partial charge in [-0.15, -0.1) is 0 Å². The van der Waals surface area contributed by atoms with E-state index in [0.717, 1.165) is 48.8 Å². The fraction of sp³-hybridized carbons (Fsp3) is 0.429. The topological polar surface area (TPSA) is 74.2 Å². The summed E-state index contributed by atoms with van der Waals surface area (Å²) in [5.41, 5.74) is 6.59. The second-order valence-corrected chi connectivity index (χ2v) is 10.1. The van der Waals surface area contributed by atoms with Crippen LogP contribution in [0.2, 0.25) is 0 Å². The van der Waals surface area contributed by atoms with E-state index in [4.69, 9.17) is 0 Å². The number of hydrogen-bond acceptors (Lipinski definition) is 4. The van der Waals surface area contributed by atoms with Gasteiger partial charge in [-0.25, -0.2) is 0 Å². The largest absolute Gasteiger partial charge is 0.508 e. The number of pyridine rings is 1. The van der Waals surface area contributed by atoms with Gasteiger partial charge >= 0.3 is 0 Å². The number of fused-ring (bicyclic) bond motifs is 5. The van der Waals surface area contributed by atoms with Crippen molar-refractivity contribution in [3.8, 4) is 5.75 Å². The van der Waals surface area contributed by atoms with Gasteiger partial charge < -0.3 is 15.7 Å². The van der Waals surface area contributed by atoms with Crippen molar-refractivity contribution in [1.82, 2.24) is 15.6 Å². The van der Waals surface area contributed by atoms with Gasteiger partial charge in [0, 0.05) is 26.0 Å². The molecule has 5 rings (SSSR count). The lowest BCUT2D eigenvalue weighted by Gasteiger charge is -2.49. The summed E-state index contributed by atoms with van der Waals surface area (Å²) < 4.78 is 0. The summed E-state index contributed by atoms with van der Waals surface area (Å²) in [5.74, 6) is 1.86. The molecule has 3 unspecified atom stereocenters. The molecule has 0 spiro atoms. The molecule has 2 saturated carbocycles. The van der Waals surface area contributed by atoms with Crippen LogP contribution in [0.3, 0.4) is 0 Å². The average Bonchev–Trinajstić information content (AvgIpc) is 3.09. The van der Waals surface area contributed by atoms with E-state index in [1.54, 1.807) is 12.4 Å². The van der Waals surface area contributed by atoms with Crippen molar-refractivity contribution < 1.29 is 9.90 Å². The minimum absolute atomic E-state index is 0.0245. The first-order valence-corrected chi connectivity index (χ1v) is 12.0. The van der Waals surface area contributed by atoms with E-state index in [1.807, 2.05) is 31.3 Å². The molecule has 4 atom stereocenters. The molecule has 1 aromatic carbocycles. The molecule has 1 amide bonds. The number of carbonyl (C=O) groups excluding carboxylic acids is 1. The zero-order valence-electron chi connectivity index (χ0n) is 19.5. The molecule has 1 aromatic heterocycles. The molecule has 0 aliphatic heterocycles. The van der Waals surface area contributed by atoms with E-state index >= 15 is 0 Å². The summed E-state index contributed by atoms with van der Waals surface area (Å²) in [6.45, 7) is 7.34. The van der Waals surface area contributed by atoms with Gasteiger partial charge in [0.15, 0.2) is 0 Å². The Morgan fingerprint density at radius 2 is 2.15 bits per heavy atom. The molecule has 0 bridgehead atoms. The Kier molecular flexibility index (Phi) is 5.51. The number of benzene rings is 1. The SMILES string of the molecule is C=C1/C(=C(\NC)C(=O)NCc2cccnc2)CC2C3CCc4cc(O)ccc4C3CC[C@]12C. The molecule has 2 aromatic rings. The van der Waals surface area contributed by atoms with Gasteiger partial charge in [0.2, 0.25) is 0 Å². The van der Waals surface area contributed by atoms with Gasteiger partial charge in [-0.1, -0.05) is 25.6 Å². The smallest absolute Gasteiger partial charge is 0.267 e. The van der Waals surface area contributed by atoms with Crippen LogP contribution < -0.4 is 10.6 Å². The minimum Gasteiger partial charge on any atom is -0.508 e. The molecule has 172 valence electrons. The molecule has 0 saturated heterocycles. The second kappa shape index (κ2) is 8.36. The Balaban J connectivity index is 1.41. The molecule has 3 N–H and O–H groups in total. The molecule has 3 aliphatic rings. The highest BCUT2D eigenvalue weighted by Crippen LogP contribution is 2.64. The van der Waals surface area contributed by atoms with Crippen molar-refractivity contribution in [3.63, 3.8) is 0 Å². The zero-order chi connectivity index (χ0) is 23.2. The van der Waals surface area contributed by atoms with Gasteiger partial charge in [0.1, 0.15) is 11.4 Å². The third-order valence-electron chi connectivity index (χ3n) is 8.53. The fourth-order valence-corrected chi connectivity index (χ4v) is 6.76. The van der Waals surface area contributed by atoms with Crippen LogP contribution >= 0.6 is 0 Å². The van der Waals surface area contributed by atoms with Crippen LogP contribution in [0.4, 0.5) is 0 Å². The lowest BCUT2D eigenvalue weighted by molar-refractivity contribution is -0.118. The molecule has 33 heavy (non-hydrogen) atoms. The number of carbonyl (C=O) groups is 1. The number of phenolic OH excluding ortho intramolecular Hbond substituents is 1. The lowest BCUT2D eigenvalue weighted by atomic mass is 9.55. The number of likely N-dealkylation sites (N-methyl/N-ethyl adjacent to an activating group) is 1. The summed E-state index contributed by atoms with van der Waals surface area (Å²) in [6, 6.07) is 9.76. The Morgan fingerprint density at radius 1 is 1.30 bits per heavy atom. The molecular weight excluding hydrogens is 410 g/mol. The highest BCUT2D eigenvalue weighted by Gasteiger charge is 2.54. The maximum absolute atomic E-state index is 13.2. The quantitative estimate of drug-likeness (QED) is 0.604. The summed E-state index contributed by atoms with van der Waals surface area (Å²) in [4.78, 5) is 17.3. The summed E-state index contributed by atoms with van der Waals surface area (Å²) >= 11 is 0. The molecule has 1 heterocycles. The molecule has 5 nitrogen and oxygen atoms in total. The lowest BCUT2D eigenvalue weighted by Crippen LogP contribution is -2.40. The second-order valence-electron chi connectivity index (χ2n) is 10.1. The molecule has 0 radical (unpaired) electrons. The van der Waals surface area contributed by atoms with E-state index in [0.29, 0.717) is 35.7 Å². The van der Waals surface area contributed by atoms with Crippen molar-refractivity contribution >= 4 is 5.91 Å². The highest BCUT2D eigenvalue weighted by molar-refractivity contribution is 5.94. The molecular formula is C28H33N3O2. The van der Waals surface area contributed by atoms with E-state index in [9.17, 15) is 9.90 Å². The molecule has 3 aliphatic carbocycles. The number of nitrogens with one attached hydrogen (secondary N) is 2. The van der Waals surface area contributed by atoms with Crippen LogP contribution in [0.25, 0.3) is 0 Å². The Hall–Kier alpha value is -3.08. The predicted octanol–water partition coefficient (Wildman–Crippen LogP) is 4.60. The number of phenols is 1. The highest BCUT2D eigenvalue weighted by atomic mass is 16.3. The van der Waals surface area contributed by atoms with Crippen molar-refractivity contribution in [2.45, 2.75) is 51.5 Å². The minimum atomic E-state index is -0.0826. The Labute approximate surface area is 196 Å². The summed E-state index contributed by atoms with van der Waals surface area (Å²) in [6.07, 6.45) is 8.74. The predicted molar refractivity (Wildman–Crippen MR) is 129 cm³/mol. The van der Waals surface area contributed by atoms with Crippen LogP contribution in [0, 0.1) is 17.3 Å². The summed E-state index contributed by atoms with van der Waals surface area (Å²) in [7, 11) is 1.83. The number of hydrogen-bond donors (Lipinski definition) is 3. The van der Waals surface area contributed by atoms with Crippen molar-refractivity contribution in [3.05, 3.63) is 82.8 Å². The maximum atomic E-state index is 13.2. The van der Waals surface area contributed by atoms with Crippen LogP contribution in [0.15, 0.2) is 66.1 Å². The van der Waals surface area contributed by atoms with Gasteiger partial charge in [-0.3, -0.25) is 9.78 Å². The first kappa shape index (κ1) is 21.7. The van der Waals surface area contributed by atoms with Crippen LogP contribution in [0.1, 0.15) is 55.2 Å². The number of aryl methyl sites for hydroxylation is 1. The standard InChI is InChI=1S/C28H33N3O2/c1-17-24(26(29-3)27(33)31-16-18-5-4-12-30-15-18)14-25-23-8-6-19-13-20(32)7-9-21(19)22(23)10-11-28(17,25)2/h4-5,7,9,12-13,15,22-23,25,29,32H,1,6,8,10-11,14,16H2,2-3H3,(H,31,33)/b26-24-/t22?,23?,25?,28-/m1/s1. The maximum Gasteiger partial charge on any atom is 0.267 e. The molecule has 2 fully saturated rings. The normalized spacial score (nSPS) is 29.5. The number of aromatic hydroxyl groups is 1. The number of amides is 1. The van der Waals surface area contributed by atoms with E-state index in [1.165, 1.54) is 11.1 Å². The monoisotopic (exact) mass is 443 g/mol. The third-order valence-corrected chi connectivity index (χ3v) is 8.53. The van der Waals surface area contributed by atoms with E-state index in [2.05, 4.69) is 35.2 Å². The van der Waals surface area contributed by atoms with Crippen LogP contribution in [-0.2, 0) is 17.8 Å². The van der Waals surface area contributed by atoms with Crippen LogP contribution in [0.5, 0.6) is 5.75 Å². The number of nitrogens with zero attached hydrogens (tertiary/aromatic N) is 1. The van der Waals surface area contributed by atoms with Gasteiger partial charge in [0.25, 0.3) is 5.91 Å². The number of rotatable bonds is 4. The first-order chi connectivity index (χ1) is 15.9. The Bertz CT molecular complexity index is 1120. The van der Waals surface area contributed by atoms with Crippen molar-refractivity contribution in [1.29, 1.82) is 0 Å². The third kappa shape index (κ3) is 3.64. The number of allylic oxidation sites excluding steroid dienone is 2. The van der Waals surface area contributed by atoms with Gasteiger partial charge in [-0.2, -0.15) is 0 Å². The van der Waals surface area contributed by atoms with Crippen LogP contribution in [-0.4, -0.2) is 23.0 Å².